The number of methoxy groups -OCH3 is 1. The number of aliphatic imine (C=N–C) groups is 1. The first kappa shape index (κ1) is 19.1. The topological polar surface area (TPSA) is 48.9 Å². The molecule has 2 heterocycles. The van der Waals surface area contributed by atoms with Crippen molar-refractivity contribution in [3.05, 3.63) is 35.1 Å². The summed E-state index contributed by atoms with van der Waals surface area (Å²) in [6.45, 7) is 0.890. The number of fused-ring (bicyclic) bond motifs is 2. The molecule has 6 heteroatoms. The number of guanidine groups is 1. The van der Waals surface area contributed by atoms with Crippen molar-refractivity contribution < 1.29 is 9.13 Å². The maximum atomic E-state index is 13.7. The maximum absolute atomic E-state index is 13.7. The summed E-state index contributed by atoms with van der Waals surface area (Å²) in [4.78, 5) is 6.93. The number of hydrogen-bond donors (Lipinski definition) is 2. The molecule has 3 rings (SSSR count). The number of nitrogens with zero attached hydrogens (tertiary/aromatic N) is 2. The van der Waals surface area contributed by atoms with Crippen molar-refractivity contribution in [2.75, 3.05) is 21.2 Å². The molecule has 144 valence electrons. The third-order valence-electron chi connectivity index (χ3n) is 5.77. The zero-order chi connectivity index (χ0) is 18.5. The summed E-state index contributed by atoms with van der Waals surface area (Å²) in [6.07, 6.45) is 6.29. The summed E-state index contributed by atoms with van der Waals surface area (Å²) in [7, 11) is 5.64. The zero-order valence-corrected chi connectivity index (χ0v) is 16.1. The summed E-state index contributed by atoms with van der Waals surface area (Å²) in [6, 6.07) is 6.98. The molecule has 0 amide bonds. The van der Waals surface area contributed by atoms with Crippen LogP contribution in [0, 0.1) is 5.82 Å². The monoisotopic (exact) mass is 362 g/mol. The van der Waals surface area contributed by atoms with E-state index >= 15 is 0 Å². The van der Waals surface area contributed by atoms with Gasteiger partial charge in [-0.2, -0.15) is 0 Å². The Morgan fingerprint density at radius 3 is 2.69 bits per heavy atom. The summed E-state index contributed by atoms with van der Waals surface area (Å²) in [5, 5.41) is 6.95. The average Bonchev–Trinajstić information content (AvgIpc) is 2.62. The van der Waals surface area contributed by atoms with Gasteiger partial charge in [-0.1, -0.05) is 12.5 Å². The highest BCUT2D eigenvalue weighted by Crippen LogP contribution is 2.32. The van der Waals surface area contributed by atoms with Gasteiger partial charge in [0.1, 0.15) is 5.82 Å². The van der Waals surface area contributed by atoms with Crippen molar-refractivity contribution >= 4 is 5.96 Å². The lowest BCUT2D eigenvalue weighted by Crippen LogP contribution is -2.56. The first-order valence-corrected chi connectivity index (χ1v) is 9.56. The Morgan fingerprint density at radius 2 is 2.04 bits per heavy atom. The molecular formula is C20H31FN4O. The fourth-order valence-corrected chi connectivity index (χ4v) is 4.31. The summed E-state index contributed by atoms with van der Waals surface area (Å²) in [5.74, 6) is 0.589. The molecule has 2 atom stereocenters. The zero-order valence-electron chi connectivity index (χ0n) is 16.1. The molecule has 0 spiro atoms. The molecule has 0 aromatic heterocycles. The Morgan fingerprint density at radius 1 is 1.31 bits per heavy atom. The lowest BCUT2D eigenvalue weighted by Gasteiger charge is -2.47. The van der Waals surface area contributed by atoms with Gasteiger partial charge in [-0.15, -0.1) is 0 Å². The van der Waals surface area contributed by atoms with Crippen LogP contribution in [-0.4, -0.2) is 50.2 Å². The van der Waals surface area contributed by atoms with Crippen LogP contribution in [0.1, 0.15) is 43.2 Å². The second-order valence-electron chi connectivity index (χ2n) is 7.50. The van der Waals surface area contributed by atoms with Gasteiger partial charge in [0.15, 0.2) is 5.96 Å². The fourth-order valence-electron chi connectivity index (χ4n) is 4.31. The van der Waals surface area contributed by atoms with Crippen LogP contribution in [0.3, 0.4) is 0 Å². The Hall–Kier alpha value is -1.66. The van der Waals surface area contributed by atoms with Crippen molar-refractivity contribution in [1.82, 2.24) is 15.5 Å². The van der Waals surface area contributed by atoms with E-state index in [1.54, 1.807) is 20.2 Å². The molecule has 2 fully saturated rings. The molecule has 0 radical (unpaired) electrons. The Kier molecular flexibility index (Phi) is 6.48. The van der Waals surface area contributed by atoms with E-state index in [1.807, 2.05) is 6.07 Å². The van der Waals surface area contributed by atoms with Crippen molar-refractivity contribution in [2.45, 2.75) is 63.4 Å². The standard InChI is InChI=1S/C20H31FN4O/c1-22-20(23-12-14-7-8-19(21)15(9-14)13-26-3)24-16-10-17-5-4-6-18(11-16)25(17)2/h7-9,16-18H,4-6,10-13H2,1-3H3,(H2,22,23,24). The minimum absolute atomic E-state index is 0.226. The SMILES string of the molecule is CN=C(NCc1ccc(F)c(COC)c1)NC1CC2CCCC(C1)N2C. The lowest BCUT2D eigenvalue weighted by atomic mass is 9.82. The Balaban J connectivity index is 1.55. The highest BCUT2D eigenvalue weighted by Gasteiger charge is 2.36. The van der Waals surface area contributed by atoms with E-state index in [9.17, 15) is 4.39 Å². The quantitative estimate of drug-likeness (QED) is 0.625. The molecule has 0 aliphatic carbocycles. The van der Waals surface area contributed by atoms with Crippen molar-refractivity contribution in [3.63, 3.8) is 0 Å². The molecule has 1 aromatic carbocycles. The van der Waals surface area contributed by atoms with Gasteiger partial charge in [-0.05, 0) is 50.4 Å². The van der Waals surface area contributed by atoms with E-state index in [0.717, 1.165) is 11.5 Å². The van der Waals surface area contributed by atoms with Crippen LogP contribution >= 0.6 is 0 Å². The number of hydrogen-bond acceptors (Lipinski definition) is 3. The predicted molar refractivity (Wildman–Crippen MR) is 103 cm³/mol. The average molecular weight is 362 g/mol. The molecule has 1 aromatic rings. The molecule has 2 saturated heterocycles. The molecule has 2 unspecified atom stereocenters. The van der Waals surface area contributed by atoms with Gasteiger partial charge >= 0.3 is 0 Å². The number of rotatable bonds is 5. The highest BCUT2D eigenvalue weighted by atomic mass is 19.1. The van der Waals surface area contributed by atoms with Gasteiger partial charge < -0.3 is 20.3 Å². The lowest BCUT2D eigenvalue weighted by molar-refractivity contribution is 0.0526. The normalized spacial score (nSPS) is 26.6. The van der Waals surface area contributed by atoms with Crippen LogP contribution in [0.15, 0.2) is 23.2 Å². The van der Waals surface area contributed by atoms with Gasteiger partial charge in [0.05, 0.1) is 6.61 Å². The molecule has 2 N–H and O–H groups in total. The van der Waals surface area contributed by atoms with Gasteiger partial charge in [-0.25, -0.2) is 4.39 Å². The minimum atomic E-state index is -0.226. The first-order chi connectivity index (χ1) is 12.6. The van der Waals surface area contributed by atoms with Crippen molar-refractivity contribution in [3.8, 4) is 0 Å². The molecule has 5 nitrogen and oxygen atoms in total. The second kappa shape index (κ2) is 8.82. The van der Waals surface area contributed by atoms with Gasteiger partial charge in [0.25, 0.3) is 0 Å². The van der Waals surface area contributed by atoms with Crippen LogP contribution in [0.25, 0.3) is 0 Å². The molecule has 26 heavy (non-hydrogen) atoms. The van der Waals surface area contributed by atoms with E-state index in [2.05, 4.69) is 27.6 Å². The van der Waals surface area contributed by atoms with Crippen LogP contribution in [0.2, 0.25) is 0 Å². The second-order valence-corrected chi connectivity index (χ2v) is 7.50. The van der Waals surface area contributed by atoms with Crippen molar-refractivity contribution in [1.29, 1.82) is 0 Å². The number of ether oxygens (including phenoxy) is 1. The van der Waals surface area contributed by atoms with Crippen molar-refractivity contribution in [2.24, 2.45) is 4.99 Å². The molecule has 2 aliphatic heterocycles. The molecular weight excluding hydrogens is 331 g/mol. The highest BCUT2D eigenvalue weighted by molar-refractivity contribution is 5.80. The third kappa shape index (κ3) is 4.54. The smallest absolute Gasteiger partial charge is 0.191 e. The Labute approximate surface area is 156 Å². The van der Waals surface area contributed by atoms with E-state index in [-0.39, 0.29) is 12.4 Å². The van der Waals surface area contributed by atoms with Crippen LogP contribution in [-0.2, 0) is 17.9 Å². The van der Waals surface area contributed by atoms with E-state index in [4.69, 9.17) is 4.74 Å². The molecule has 2 aliphatic rings. The van der Waals surface area contributed by atoms with Gasteiger partial charge in [-0.3, -0.25) is 4.99 Å². The third-order valence-corrected chi connectivity index (χ3v) is 5.77. The largest absolute Gasteiger partial charge is 0.380 e. The summed E-state index contributed by atoms with van der Waals surface area (Å²) in [5.41, 5.74) is 1.60. The molecule has 0 saturated carbocycles. The van der Waals surface area contributed by atoms with E-state index < -0.39 is 0 Å². The minimum Gasteiger partial charge on any atom is -0.380 e. The number of benzene rings is 1. The number of nitrogens with one attached hydrogen (secondary N) is 2. The summed E-state index contributed by atoms with van der Waals surface area (Å²) >= 11 is 0. The van der Waals surface area contributed by atoms with Crippen LogP contribution in [0.4, 0.5) is 4.39 Å². The molecule has 2 bridgehead atoms. The van der Waals surface area contributed by atoms with E-state index in [0.29, 0.717) is 30.2 Å². The maximum Gasteiger partial charge on any atom is 0.191 e. The van der Waals surface area contributed by atoms with Gasteiger partial charge in [0, 0.05) is 44.4 Å². The van der Waals surface area contributed by atoms with Crippen LogP contribution < -0.4 is 10.6 Å². The number of halogens is 1. The predicted octanol–water partition coefficient (Wildman–Crippen LogP) is 2.65. The first-order valence-electron chi connectivity index (χ1n) is 9.56. The fraction of sp³-hybridized carbons (Fsp3) is 0.650. The van der Waals surface area contributed by atoms with E-state index in [1.165, 1.54) is 38.2 Å². The Bertz CT molecular complexity index is 622. The summed E-state index contributed by atoms with van der Waals surface area (Å²) < 4.78 is 18.8. The number of piperidine rings is 2. The van der Waals surface area contributed by atoms with Crippen LogP contribution in [0.5, 0.6) is 0 Å². The van der Waals surface area contributed by atoms with Gasteiger partial charge in [0.2, 0.25) is 0 Å².